The highest BCUT2D eigenvalue weighted by molar-refractivity contribution is 5.73. The van der Waals surface area contributed by atoms with Crippen LogP contribution in [0, 0.1) is 0 Å². The third kappa shape index (κ3) is 8.28. The van der Waals surface area contributed by atoms with Gasteiger partial charge in [-0.15, -0.1) is 0 Å². The van der Waals surface area contributed by atoms with Gasteiger partial charge < -0.3 is 28.6 Å². The second-order valence-corrected chi connectivity index (χ2v) is 8.51. The van der Waals surface area contributed by atoms with Crippen LogP contribution in [0.15, 0.2) is 18.2 Å². The quantitative estimate of drug-likeness (QED) is 0.391. The van der Waals surface area contributed by atoms with E-state index in [4.69, 9.17) is 23.7 Å². The lowest BCUT2D eigenvalue weighted by molar-refractivity contribution is -0.155. The van der Waals surface area contributed by atoms with Crippen LogP contribution in [0.25, 0.3) is 0 Å². The Morgan fingerprint density at radius 2 is 1.75 bits per heavy atom. The summed E-state index contributed by atoms with van der Waals surface area (Å²) in [6, 6.07) is 5.54. The third-order valence-corrected chi connectivity index (χ3v) is 4.66. The van der Waals surface area contributed by atoms with Crippen LogP contribution >= 0.6 is 0 Å². The number of carbonyl (C=O) groups is 3. The Bertz CT molecular complexity index is 802. The fraction of sp³-hybridized carbons (Fsp3) is 0.609. The van der Waals surface area contributed by atoms with Crippen LogP contribution in [0.2, 0.25) is 0 Å². The number of carbonyl (C=O) groups excluding carboxylic acids is 3. The van der Waals surface area contributed by atoms with Crippen molar-refractivity contribution in [2.24, 2.45) is 0 Å². The molecular weight excluding hydrogens is 418 g/mol. The number of likely N-dealkylation sites (N-methyl/N-ethyl adjacent to an activating group) is 1. The Kier molecular flexibility index (Phi) is 9.16. The molecule has 2 rings (SSSR count). The van der Waals surface area contributed by atoms with Crippen molar-refractivity contribution in [2.75, 3.05) is 20.1 Å². The number of hydrogen-bond acceptors (Lipinski definition) is 8. The second kappa shape index (κ2) is 11.6. The standard InChI is InChI=1S/C23H33NO8/c1-6-24(16(2)12-17-10-11-18-19(13-17)29-14-28-18)22(27)31-15-30-20(25)8-7-9-21(26)32-23(3,4)5/h10-11,13,16H,6-9,12,14-15H2,1-5H3. The van der Waals surface area contributed by atoms with Crippen molar-refractivity contribution in [3.8, 4) is 11.5 Å². The highest BCUT2D eigenvalue weighted by Gasteiger charge is 2.22. The Morgan fingerprint density at radius 1 is 1.06 bits per heavy atom. The van der Waals surface area contributed by atoms with Crippen LogP contribution in [-0.4, -0.2) is 54.7 Å². The molecule has 1 aromatic rings. The minimum atomic E-state index is -0.567. The molecule has 178 valence electrons. The van der Waals surface area contributed by atoms with Gasteiger partial charge in [0.2, 0.25) is 13.6 Å². The lowest BCUT2D eigenvalue weighted by Crippen LogP contribution is -2.40. The molecule has 1 aliphatic heterocycles. The molecule has 1 aromatic carbocycles. The second-order valence-electron chi connectivity index (χ2n) is 8.51. The molecule has 9 heteroatoms. The van der Waals surface area contributed by atoms with Gasteiger partial charge in [-0.05, 0) is 65.2 Å². The minimum Gasteiger partial charge on any atom is -0.460 e. The summed E-state index contributed by atoms with van der Waals surface area (Å²) in [6.07, 6.45) is 0.490. The Morgan fingerprint density at radius 3 is 2.44 bits per heavy atom. The summed E-state index contributed by atoms with van der Waals surface area (Å²) < 4.78 is 25.9. The Hall–Kier alpha value is -2.97. The number of rotatable bonds is 10. The van der Waals surface area contributed by atoms with E-state index >= 15 is 0 Å². The number of fused-ring (bicyclic) bond motifs is 1. The maximum Gasteiger partial charge on any atom is 0.412 e. The molecule has 0 saturated heterocycles. The fourth-order valence-corrected chi connectivity index (χ4v) is 3.21. The maximum atomic E-state index is 12.4. The first-order valence-electron chi connectivity index (χ1n) is 10.8. The highest BCUT2D eigenvalue weighted by atomic mass is 16.7. The lowest BCUT2D eigenvalue weighted by atomic mass is 10.1. The van der Waals surface area contributed by atoms with Crippen molar-refractivity contribution >= 4 is 18.0 Å². The number of amides is 1. The summed E-state index contributed by atoms with van der Waals surface area (Å²) in [5.41, 5.74) is 0.445. The van der Waals surface area contributed by atoms with Gasteiger partial charge in [-0.3, -0.25) is 9.59 Å². The molecule has 32 heavy (non-hydrogen) atoms. The summed E-state index contributed by atoms with van der Waals surface area (Å²) in [6.45, 7) is 9.28. The van der Waals surface area contributed by atoms with Crippen molar-refractivity contribution in [1.82, 2.24) is 4.90 Å². The SMILES string of the molecule is CCN(C(=O)OCOC(=O)CCCC(=O)OC(C)(C)C)C(C)Cc1ccc2c(c1)OCO2. The molecule has 9 nitrogen and oxygen atoms in total. The zero-order valence-electron chi connectivity index (χ0n) is 19.5. The van der Waals surface area contributed by atoms with Crippen LogP contribution in [0.5, 0.6) is 11.5 Å². The van der Waals surface area contributed by atoms with E-state index in [2.05, 4.69) is 0 Å². The van der Waals surface area contributed by atoms with Crippen molar-refractivity contribution in [1.29, 1.82) is 0 Å². The van der Waals surface area contributed by atoms with E-state index < -0.39 is 24.5 Å². The van der Waals surface area contributed by atoms with Gasteiger partial charge in [-0.2, -0.15) is 0 Å². The van der Waals surface area contributed by atoms with E-state index in [1.807, 2.05) is 32.0 Å². The van der Waals surface area contributed by atoms with E-state index in [0.29, 0.717) is 30.9 Å². The molecule has 0 aromatic heterocycles. The largest absolute Gasteiger partial charge is 0.460 e. The average Bonchev–Trinajstić information content (AvgIpc) is 3.15. The van der Waals surface area contributed by atoms with Crippen LogP contribution < -0.4 is 9.47 Å². The lowest BCUT2D eigenvalue weighted by Gasteiger charge is -2.27. The van der Waals surface area contributed by atoms with Crippen LogP contribution in [0.3, 0.4) is 0 Å². The average molecular weight is 452 g/mol. The predicted molar refractivity (Wildman–Crippen MR) is 115 cm³/mol. The summed E-state index contributed by atoms with van der Waals surface area (Å²) in [5.74, 6) is 0.490. The van der Waals surface area contributed by atoms with E-state index in [1.54, 1.807) is 25.7 Å². The number of nitrogens with zero attached hydrogens (tertiary/aromatic N) is 1. The topological polar surface area (TPSA) is 101 Å². The number of esters is 2. The molecule has 1 heterocycles. The van der Waals surface area contributed by atoms with Gasteiger partial charge in [0.05, 0.1) is 0 Å². The van der Waals surface area contributed by atoms with Gasteiger partial charge in [0.25, 0.3) is 0 Å². The molecule has 1 unspecified atom stereocenters. The van der Waals surface area contributed by atoms with E-state index in [9.17, 15) is 14.4 Å². The van der Waals surface area contributed by atoms with Crippen molar-refractivity contribution in [3.63, 3.8) is 0 Å². The van der Waals surface area contributed by atoms with E-state index in [1.165, 1.54) is 0 Å². The third-order valence-electron chi connectivity index (χ3n) is 4.66. The van der Waals surface area contributed by atoms with Crippen LogP contribution in [-0.2, 0) is 30.2 Å². The van der Waals surface area contributed by atoms with Gasteiger partial charge in [0.1, 0.15) is 5.60 Å². The Balaban J connectivity index is 1.70. The van der Waals surface area contributed by atoms with Crippen molar-refractivity contribution in [2.45, 2.75) is 71.9 Å². The van der Waals surface area contributed by atoms with E-state index in [-0.39, 0.29) is 31.6 Å². The fourth-order valence-electron chi connectivity index (χ4n) is 3.21. The van der Waals surface area contributed by atoms with Gasteiger partial charge in [-0.25, -0.2) is 4.79 Å². The highest BCUT2D eigenvalue weighted by Crippen LogP contribution is 2.33. The Labute approximate surface area is 188 Å². The van der Waals surface area contributed by atoms with Crippen LogP contribution in [0.1, 0.15) is 59.4 Å². The molecule has 1 aliphatic rings. The zero-order chi connectivity index (χ0) is 23.7. The molecule has 0 bridgehead atoms. The van der Waals surface area contributed by atoms with E-state index in [0.717, 1.165) is 5.56 Å². The molecule has 0 radical (unpaired) electrons. The molecule has 1 amide bonds. The minimum absolute atomic E-state index is 0.0365. The molecule has 1 atom stereocenters. The van der Waals surface area contributed by atoms with Crippen LogP contribution in [0.4, 0.5) is 4.79 Å². The normalized spacial score (nSPS) is 13.3. The summed E-state index contributed by atoms with van der Waals surface area (Å²) in [4.78, 5) is 37.4. The number of benzene rings is 1. The zero-order valence-corrected chi connectivity index (χ0v) is 19.5. The number of ether oxygens (including phenoxy) is 5. The molecule has 0 saturated carbocycles. The first-order chi connectivity index (χ1) is 15.1. The number of hydrogen-bond donors (Lipinski definition) is 0. The van der Waals surface area contributed by atoms with Gasteiger partial charge in [0.15, 0.2) is 11.5 Å². The van der Waals surface area contributed by atoms with Gasteiger partial charge >= 0.3 is 18.0 Å². The smallest absolute Gasteiger partial charge is 0.412 e. The summed E-state index contributed by atoms with van der Waals surface area (Å²) >= 11 is 0. The molecular formula is C23H33NO8. The van der Waals surface area contributed by atoms with Crippen molar-refractivity contribution in [3.05, 3.63) is 23.8 Å². The molecule has 0 fully saturated rings. The van der Waals surface area contributed by atoms with Gasteiger partial charge in [-0.1, -0.05) is 6.07 Å². The first kappa shape index (κ1) is 25.3. The maximum absolute atomic E-state index is 12.4. The first-order valence-corrected chi connectivity index (χ1v) is 10.8. The monoisotopic (exact) mass is 451 g/mol. The van der Waals surface area contributed by atoms with Crippen molar-refractivity contribution < 1.29 is 38.1 Å². The molecule has 0 N–H and O–H groups in total. The summed E-state index contributed by atoms with van der Waals surface area (Å²) in [5, 5.41) is 0. The van der Waals surface area contributed by atoms with Gasteiger partial charge in [0, 0.05) is 25.4 Å². The predicted octanol–water partition coefficient (Wildman–Crippen LogP) is 3.82. The molecule has 0 spiro atoms. The summed E-state index contributed by atoms with van der Waals surface area (Å²) in [7, 11) is 0. The molecule has 0 aliphatic carbocycles.